The minimum Gasteiger partial charge on any atom is -0.396 e. The highest BCUT2D eigenvalue weighted by molar-refractivity contribution is 5.91. The van der Waals surface area contributed by atoms with Crippen molar-refractivity contribution >= 4 is 11.8 Å². The Labute approximate surface area is 157 Å². The van der Waals surface area contributed by atoms with Crippen molar-refractivity contribution < 1.29 is 19.1 Å². The first-order valence-corrected chi connectivity index (χ1v) is 9.07. The molecule has 0 radical (unpaired) electrons. The van der Waals surface area contributed by atoms with E-state index in [0.717, 1.165) is 5.56 Å². The van der Waals surface area contributed by atoms with Gasteiger partial charge in [0.15, 0.2) is 0 Å². The fourth-order valence-corrected chi connectivity index (χ4v) is 3.43. The van der Waals surface area contributed by atoms with Gasteiger partial charge in [-0.1, -0.05) is 42.5 Å². The van der Waals surface area contributed by atoms with Gasteiger partial charge in [0, 0.05) is 25.3 Å². The van der Waals surface area contributed by atoms with E-state index in [0.29, 0.717) is 24.2 Å². The van der Waals surface area contributed by atoms with Gasteiger partial charge in [0.05, 0.1) is 5.92 Å². The van der Waals surface area contributed by atoms with Gasteiger partial charge >= 0.3 is 0 Å². The highest BCUT2D eigenvalue weighted by Gasteiger charge is 2.35. The molecule has 2 unspecified atom stereocenters. The van der Waals surface area contributed by atoms with Crippen molar-refractivity contribution in [2.45, 2.75) is 25.3 Å². The van der Waals surface area contributed by atoms with Crippen molar-refractivity contribution in [1.82, 2.24) is 10.2 Å². The van der Waals surface area contributed by atoms with Crippen LogP contribution in [0.3, 0.4) is 0 Å². The maximum Gasteiger partial charge on any atom is 0.242 e. The Morgan fingerprint density at radius 1 is 1.30 bits per heavy atom. The first-order valence-electron chi connectivity index (χ1n) is 9.07. The molecule has 142 valence electrons. The number of hydrogen-bond acceptors (Lipinski definition) is 3. The number of nitrogens with zero attached hydrogens (tertiary/aromatic N) is 1. The normalized spacial score (nSPS) is 18.1. The molecule has 2 atom stereocenters. The number of amides is 2. The van der Waals surface area contributed by atoms with E-state index in [-0.39, 0.29) is 30.7 Å². The van der Waals surface area contributed by atoms with E-state index in [9.17, 15) is 19.1 Å². The second-order valence-corrected chi connectivity index (χ2v) is 6.68. The SMILES string of the molecule is CC(C(=O)N1CCNC(=O)C1CCO)c1ccc(-c2ccccc2)c(F)c1. The van der Waals surface area contributed by atoms with Gasteiger partial charge in [-0.2, -0.15) is 0 Å². The topological polar surface area (TPSA) is 69.6 Å². The minimum absolute atomic E-state index is 0.184. The van der Waals surface area contributed by atoms with Crippen LogP contribution in [0.2, 0.25) is 0 Å². The fourth-order valence-electron chi connectivity index (χ4n) is 3.43. The molecular weight excluding hydrogens is 347 g/mol. The van der Waals surface area contributed by atoms with Crippen LogP contribution >= 0.6 is 0 Å². The second-order valence-electron chi connectivity index (χ2n) is 6.68. The lowest BCUT2D eigenvalue weighted by Crippen LogP contribution is -2.58. The quantitative estimate of drug-likeness (QED) is 0.849. The van der Waals surface area contributed by atoms with Gasteiger partial charge < -0.3 is 15.3 Å². The zero-order valence-corrected chi connectivity index (χ0v) is 15.2. The average molecular weight is 370 g/mol. The average Bonchev–Trinajstić information content (AvgIpc) is 2.69. The van der Waals surface area contributed by atoms with Crippen LogP contribution in [0.15, 0.2) is 48.5 Å². The molecule has 1 aliphatic rings. The molecule has 2 aromatic carbocycles. The number of aliphatic hydroxyl groups excluding tert-OH is 1. The third kappa shape index (κ3) is 4.01. The molecule has 0 saturated carbocycles. The van der Waals surface area contributed by atoms with Gasteiger partial charge in [0.25, 0.3) is 0 Å². The van der Waals surface area contributed by atoms with Gasteiger partial charge in [-0.25, -0.2) is 4.39 Å². The van der Waals surface area contributed by atoms with E-state index in [2.05, 4.69) is 5.32 Å². The molecule has 1 fully saturated rings. The Hall–Kier alpha value is -2.73. The van der Waals surface area contributed by atoms with Crippen molar-refractivity contribution in [3.63, 3.8) is 0 Å². The number of hydrogen-bond donors (Lipinski definition) is 2. The van der Waals surface area contributed by atoms with Crippen LogP contribution in [-0.4, -0.2) is 47.6 Å². The Morgan fingerprint density at radius 3 is 2.70 bits per heavy atom. The van der Waals surface area contributed by atoms with Crippen LogP contribution in [0.25, 0.3) is 11.1 Å². The van der Waals surface area contributed by atoms with Crippen molar-refractivity contribution in [3.05, 3.63) is 59.9 Å². The Morgan fingerprint density at radius 2 is 2.04 bits per heavy atom. The van der Waals surface area contributed by atoms with Gasteiger partial charge in [0.2, 0.25) is 11.8 Å². The Bertz CT molecular complexity index is 825. The van der Waals surface area contributed by atoms with Crippen molar-refractivity contribution in [1.29, 1.82) is 0 Å². The summed E-state index contributed by atoms with van der Waals surface area (Å²) in [5.74, 6) is -1.48. The highest BCUT2D eigenvalue weighted by atomic mass is 19.1. The monoisotopic (exact) mass is 370 g/mol. The Kier molecular flexibility index (Phi) is 5.86. The molecule has 2 amide bonds. The van der Waals surface area contributed by atoms with E-state index < -0.39 is 12.0 Å². The van der Waals surface area contributed by atoms with Crippen molar-refractivity contribution in [2.24, 2.45) is 0 Å². The van der Waals surface area contributed by atoms with Gasteiger partial charge in [0.1, 0.15) is 11.9 Å². The van der Waals surface area contributed by atoms with Crippen LogP contribution in [0.5, 0.6) is 0 Å². The van der Waals surface area contributed by atoms with Crippen molar-refractivity contribution in [3.8, 4) is 11.1 Å². The summed E-state index contributed by atoms with van der Waals surface area (Å²) in [4.78, 5) is 26.5. The zero-order chi connectivity index (χ0) is 19.4. The number of piperazine rings is 1. The number of halogens is 1. The third-order valence-corrected chi connectivity index (χ3v) is 4.96. The summed E-state index contributed by atoms with van der Waals surface area (Å²) in [5, 5.41) is 11.9. The smallest absolute Gasteiger partial charge is 0.242 e. The number of rotatable bonds is 5. The van der Waals surface area contributed by atoms with Crippen LogP contribution in [0.1, 0.15) is 24.8 Å². The predicted molar refractivity (Wildman–Crippen MR) is 100 cm³/mol. The zero-order valence-electron chi connectivity index (χ0n) is 15.2. The van der Waals surface area contributed by atoms with Gasteiger partial charge in [-0.3, -0.25) is 9.59 Å². The third-order valence-electron chi connectivity index (χ3n) is 4.96. The van der Waals surface area contributed by atoms with Gasteiger partial charge in [-0.15, -0.1) is 0 Å². The maximum absolute atomic E-state index is 14.6. The largest absolute Gasteiger partial charge is 0.396 e. The fraction of sp³-hybridized carbons (Fsp3) is 0.333. The molecule has 0 aliphatic carbocycles. The molecule has 6 heteroatoms. The lowest BCUT2D eigenvalue weighted by molar-refractivity contribution is -0.144. The van der Waals surface area contributed by atoms with Crippen molar-refractivity contribution in [2.75, 3.05) is 19.7 Å². The molecule has 3 rings (SSSR count). The minimum atomic E-state index is -0.688. The molecule has 0 bridgehead atoms. The summed E-state index contributed by atoms with van der Waals surface area (Å²) in [7, 11) is 0. The summed E-state index contributed by atoms with van der Waals surface area (Å²) < 4.78 is 14.6. The van der Waals surface area contributed by atoms with Crippen LogP contribution in [0, 0.1) is 5.82 Å². The number of aliphatic hydroxyl groups is 1. The summed E-state index contributed by atoms with van der Waals surface area (Å²) in [5.41, 5.74) is 1.82. The molecule has 27 heavy (non-hydrogen) atoms. The summed E-state index contributed by atoms with van der Waals surface area (Å²) in [6.45, 7) is 2.28. The van der Waals surface area contributed by atoms with Gasteiger partial charge in [-0.05, 0) is 30.5 Å². The highest BCUT2D eigenvalue weighted by Crippen LogP contribution is 2.28. The molecule has 5 nitrogen and oxygen atoms in total. The molecule has 2 N–H and O–H groups in total. The van der Waals surface area contributed by atoms with E-state index in [1.807, 2.05) is 30.3 Å². The molecular formula is C21H23FN2O3. The predicted octanol–water partition coefficient (Wildman–Crippen LogP) is 2.31. The summed E-state index contributed by atoms with van der Waals surface area (Å²) in [6.07, 6.45) is 0.186. The first kappa shape index (κ1) is 19.0. The lowest BCUT2D eigenvalue weighted by atomic mass is 9.94. The van der Waals surface area contributed by atoms with E-state index in [1.165, 1.54) is 11.0 Å². The maximum atomic E-state index is 14.6. The van der Waals surface area contributed by atoms with E-state index >= 15 is 0 Å². The van der Waals surface area contributed by atoms with E-state index in [1.54, 1.807) is 19.1 Å². The summed E-state index contributed by atoms with van der Waals surface area (Å²) >= 11 is 0. The molecule has 1 saturated heterocycles. The van der Waals surface area contributed by atoms with E-state index in [4.69, 9.17) is 0 Å². The molecule has 1 aliphatic heterocycles. The number of nitrogens with one attached hydrogen (secondary N) is 1. The number of benzene rings is 2. The number of carbonyl (C=O) groups is 2. The second kappa shape index (κ2) is 8.31. The molecule has 0 spiro atoms. The standard InChI is InChI=1S/C21H23FN2O3/c1-14(21(27)24-11-10-23-20(26)19(24)9-12-25)16-7-8-17(18(22)13-16)15-5-3-2-4-6-15/h2-8,13-14,19,25H,9-12H2,1H3,(H,23,26). The Balaban J connectivity index is 1.82. The first-order chi connectivity index (χ1) is 13.0. The number of carbonyl (C=O) groups excluding carboxylic acids is 2. The molecule has 0 aromatic heterocycles. The van der Waals surface area contributed by atoms with Crippen LogP contribution in [-0.2, 0) is 9.59 Å². The van der Waals surface area contributed by atoms with Crippen LogP contribution in [0.4, 0.5) is 4.39 Å². The molecule has 1 heterocycles. The lowest BCUT2D eigenvalue weighted by Gasteiger charge is -2.36. The molecule has 2 aromatic rings. The van der Waals surface area contributed by atoms with Crippen LogP contribution < -0.4 is 5.32 Å². The summed E-state index contributed by atoms with van der Waals surface area (Å²) in [6, 6.07) is 13.3.